The van der Waals surface area contributed by atoms with E-state index in [2.05, 4.69) is 0 Å². The molecule has 1 atom stereocenters. The van der Waals surface area contributed by atoms with Gasteiger partial charge in [0.1, 0.15) is 0 Å². The van der Waals surface area contributed by atoms with Crippen LogP contribution < -0.4 is 0 Å². The Kier molecular flexibility index (Phi) is 3.15. The molecule has 0 aliphatic carbocycles. The summed E-state index contributed by atoms with van der Waals surface area (Å²) in [5.74, 6) is 0.289. The average Bonchev–Trinajstić information content (AvgIpc) is 2.34. The molecule has 10 heavy (non-hydrogen) atoms. The highest BCUT2D eigenvalue weighted by Gasteiger charge is 2.12. The van der Waals surface area contributed by atoms with Gasteiger partial charge in [-0.1, -0.05) is 27.7 Å². The molecule has 1 fully saturated rings. The van der Waals surface area contributed by atoms with Crippen molar-refractivity contribution in [1.29, 1.82) is 0 Å². The maximum absolute atomic E-state index is 10.1. The van der Waals surface area contributed by atoms with Gasteiger partial charge in [-0.3, -0.25) is 0 Å². The molecule has 0 aromatic carbocycles. The molecule has 4 heteroatoms. The van der Waals surface area contributed by atoms with Crippen LogP contribution >= 0.6 is 21.6 Å². The summed E-state index contributed by atoms with van der Waals surface area (Å²) in [5, 5.41) is 8.69. The summed E-state index contributed by atoms with van der Waals surface area (Å²) in [7, 11) is 3.56. The highest BCUT2D eigenvalue weighted by molar-refractivity contribution is 8.77. The lowest BCUT2D eigenvalue weighted by Gasteiger charge is -1.95. The third-order valence-corrected chi connectivity index (χ3v) is 3.96. The van der Waals surface area contributed by atoms with Crippen molar-refractivity contribution in [3.8, 4) is 0 Å². The molecule has 0 bridgehead atoms. The molecule has 1 N–H and O–H groups in total. The number of hydrogen-bond acceptors (Lipinski definition) is 3. The molecule has 1 heterocycles. The van der Waals surface area contributed by atoms with Gasteiger partial charge < -0.3 is 5.11 Å². The number of carboxylic acids is 1. The van der Waals surface area contributed by atoms with E-state index in [1.165, 1.54) is 6.08 Å². The Morgan fingerprint density at radius 1 is 1.70 bits per heavy atom. The molecule has 1 aliphatic rings. The Labute approximate surface area is 67.5 Å². The van der Waals surface area contributed by atoms with Crippen molar-refractivity contribution in [2.45, 2.75) is 11.7 Å². The van der Waals surface area contributed by atoms with E-state index in [9.17, 15) is 4.79 Å². The van der Waals surface area contributed by atoms with Crippen LogP contribution in [0, 0.1) is 0 Å². The first-order valence-corrected chi connectivity index (χ1v) is 5.36. The van der Waals surface area contributed by atoms with E-state index < -0.39 is 5.97 Å². The molecule has 0 spiro atoms. The van der Waals surface area contributed by atoms with Crippen molar-refractivity contribution in [1.82, 2.24) is 0 Å². The highest BCUT2D eigenvalue weighted by atomic mass is 33.1. The standard InChI is InChI=1S/C6H8O2S2/c7-6(8)2-1-5-3-4-9-10-5/h1-2,5H,3-4H2,(H,7,8). The second kappa shape index (κ2) is 3.93. The number of aliphatic carboxylic acids is 1. The molecule has 0 amide bonds. The van der Waals surface area contributed by atoms with Crippen molar-refractivity contribution < 1.29 is 9.90 Å². The second-order valence-corrected chi connectivity index (χ2v) is 4.67. The van der Waals surface area contributed by atoms with E-state index >= 15 is 0 Å². The summed E-state index contributed by atoms with van der Waals surface area (Å²) < 4.78 is 0. The topological polar surface area (TPSA) is 37.3 Å². The van der Waals surface area contributed by atoms with Crippen LogP contribution in [0.1, 0.15) is 6.42 Å². The van der Waals surface area contributed by atoms with Crippen LogP contribution in [-0.4, -0.2) is 22.1 Å². The Morgan fingerprint density at radius 2 is 2.50 bits per heavy atom. The largest absolute Gasteiger partial charge is 0.478 e. The van der Waals surface area contributed by atoms with Gasteiger partial charge in [0.15, 0.2) is 0 Å². The molecule has 1 saturated heterocycles. The first kappa shape index (κ1) is 8.01. The van der Waals surface area contributed by atoms with E-state index in [0.29, 0.717) is 5.25 Å². The number of carboxylic acid groups (broad SMARTS) is 1. The first-order chi connectivity index (χ1) is 4.79. The predicted molar refractivity (Wildman–Crippen MR) is 45.2 cm³/mol. The second-order valence-electron chi connectivity index (χ2n) is 1.94. The number of rotatable bonds is 2. The Balaban J connectivity index is 2.29. The molecule has 1 unspecified atom stereocenters. The lowest BCUT2D eigenvalue weighted by Crippen LogP contribution is -1.94. The molecule has 56 valence electrons. The minimum absolute atomic E-state index is 0.418. The fraction of sp³-hybridized carbons (Fsp3) is 0.500. The van der Waals surface area contributed by atoms with Crippen LogP contribution in [-0.2, 0) is 4.79 Å². The SMILES string of the molecule is O=C(O)C=CC1CCSS1. The van der Waals surface area contributed by atoms with Gasteiger partial charge in [0, 0.05) is 17.1 Å². The van der Waals surface area contributed by atoms with Crippen LogP contribution in [0.2, 0.25) is 0 Å². The van der Waals surface area contributed by atoms with E-state index in [-0.39, 0.29) is 0 Å². The zero-order valence-electron chi connectivity index (χ0n) is 5.32. The van der Waals surface area contributed by atoms with Crippen molar-refractivity contribution in [3.63, 3.8) is 0 Å². The smallest absolute Gasteiger partial charge is 0.328 e. The van der Waals surface area contributed by atoms with E-state index in [4.69, 9.17) is 5.11 Å². The summed E-state index contributed by atoms with van der Waals surface area (Å²) in [4.78, 5) is 10.1. The summed E-state index contributed by atoms with van der Waals surface area (Å²) in [6, 6.07) is 0. The van der Waals surface area contributed by atoms with Gasteiger partial charge in [-0.25, -0.2) is 4.79 Å². The Bertz CT molecular complexity index is 150. The molecular formula is C6H8O2S2. The molecule has 1 rings (SSSR count). The van der Waals surface area contributed by atoms with Crippen molar-refractivity contribution in [3.05, 3.63) is 12.2 Å². The third-order valence-electron chi connectivity index (χ3n) is 1.13. The van der Waals surface area contributed by atoms with Crippen LogP contribution in [0.25, 0.3) is 0 Å². The van der Waals surface area contributed by atoms with Gasteiger partial charge in [0.2, 0.25) is 0 Å². The fourth-order valence-electron chi connectivity index (χ4n) is 0.666. The third kappa shape index (κ3) is 2.66. The summed E-state index contributed by atoms with van der Waals surface area (Å²) in [6.45, 7) is 0. The van der Waals surface area contributed by atoms with E-state index in [1.54, 1.807) is 27.7 Å². The zero-order valence-corrected chi connectivity index (χ0v) is 6.95. The zero-order chi connectivity index (χ0) is 7.40. The van der Waals surface area contributed by atoms with Gasteiger partial charge in [-0.2, -0.15) is 0 Å². The van der Waals surface area contributed by atoms with Crippen molar-refractivity contribution >= 4 is 27.6 Å². The van der Waals surface area contributed by atoms with Crippen LogP contribution in [0.3, 0.4) is 0 Å². The van der Waals surface area contributed by atoms with Crippen molar-refractivity contribution in [2.24, 2.45) is 0 Å². The van der Waals surface area contributed by atoms with E-state index in [0.717, 1.165) is 12.2 Å². The Morgan fingerprint density at radius 3 is 3.00 bits per heavy atom. The van der Waals surface area contributed by atoms with Crippen LogP contribution in [0.5, 0.6) is 0 Å². The fourth-order valence-corrected chi connectivity index (χ4v) is 3.38. The van der Waals surface area contributed by atoms with Gasteiger partial charge in [0.25, 0.3) is 0 Å². The van der Waals surface area contributed by atoms with Gasteiger partial charge in [-0.15, -0.1) is 0 Å². The molecule has 0 radical (unpaired) electrons. The van der Waals surface area contributed by atoms with Crippen LogP contribution in [0.4, 0.5) is 0 Å². The normalized spacial score (nSPS) is 25.8. The monoisotopic (exact) mass is 176 g/mol. The van der Waals surface area contributed by atoms with Gasteiger partial charge >= 0.3 is 5.97 Å². The molecule has 0 aromatic heterocycles. The number of carbonyl (C=O) groups is 1. The van der Waals surface area contributed by atoms with E-state index in [1.807, 2.05) is 0 Å². The maximum atomic E-state index is 10.1. The maximum Gasteiger partial charge on any atom is 0.328 e. The van der Waals surface area contributed by atoms with Gasteiger partial charge in [0.05, 0.1) is 0 Å². The van der Waals surface area contributed by atoms with Crippen LogP contribution in [0.15, 0.2) is 12.2 Å². The summed E-state index contributed by atoms with van der Waals surface area (Å²) >= 11 is 0. The highest BCUT2D eigenvalue weighted by Crippen LogP contribution is 2.37. The lowest BCUT2D eigenvalue weighted by molar-refractivity contribution is -0.131. The summed E-state index contributed by atoms with van der Waals surface area (Å²) in [6.07, 6.45) is 4.08. The molecule has 1 aliphatic heterocycles. The number of hydrogen-bond donors (Lipinski definition) is 1. The molecule has 0 aromatic rings. The molecule has 2 nitrogen and oxygen atoms in total. The minimum atomic E-state index is -0.850. The lowest BCUT2D eigenvalue weighted by atomic mass is 10.3. The molecular weight excluding hydrogens is 168 g/mol. The minimum Gasteiger partial charge on any atom is -0.478 e. The Hall–Kier alpha value is -0.0900. The average molecular weight is 176 g/mol. The quantitative estimate of drug-likeness (QED) is 0.514. The van der Waals surface area contributed by atoms with Crippen molar-refractivity contribution in [2.75, 3.05) is 5.75 Å². The summed E-state index contributed by atoms with van der Waals surface area (Å²) in [5.41, 5.74) is 0. The molecule has 0 saturated carbocycles. The van der Waals surface area contributed by atoms with Gasteiger partial charge in [-0.05, 0) is 6.42 Å². The first-order valence-electron chi connectivity index (χ1n) is 2.98. The predicted octanol–water partition coefficient (Wildman–Crippen LogP) is 1.78.